The topological polar surface area (TPSA) is 76.4 Å². The molecule has 0 spiro atoms. The Morgan fingerprint density at radius 1 is 1.64 bits per heavy atom. The van der Waals surface area contributed by atoms with Crippen LogP contribution in [0.5, 0.6) is 0 Å². The van der Waals surface area contributed by atoms with Crippen LogP contribution in [0.15, 0.2) is 17.3 Å². The lowest BCUT2D eigenvalue weighted by molar-refractivity contribution is 0.395. The van der Waals surface area contributed by atoms with Crippen molar-refractivity contribution in [3.05, 3.63) is 12.3 Å². The lowest BCUT2D eigenvalue weighted by Crippen LogP contribution is -2.47. The predicted molar refractivity (Wildman–Crippen MR) is 45.7 cm³/mol. The second-order valence-electron chi connectivity index (χ2n) is 3.02. The van der Waals surface area contributed by atoms with E-state index < -0.39 is 5.66 Å². The summed E-state index contributed by atoms with van der Waals surface area (Å²) in [7, 11) is 0. The third kappa shape index (κ3) is 1.51. The Kier molecular flexibility index (Phi) is 1.87. The van der Waals surface area contributed by atoms with Crippen molar-refractivity contribution in [2.75, 3.05) is 0 Å². The van der Waals surface area contributed by atoms with Gasteiger partial charge in [-0.1, -0.05) is 13.8 Å². The van der Waals surface area contributed by atoms with Crippen LogP contribution in [0, 0.1) is 5.92 Å². The molecule has 1 aliphatic heterocycles. The van der Waals surface area contributed by atoms with Gasteiger partial charge in [-0.05, 0) is 12.0 Å². The van der Waals surface area contributed by atoms with E-state index >= 15 is 0 Å². The molecule has 62 valence electrons. The van der Waals surface area contributed by atoms with Crippen molar-refractivity contribution >= 4 is 5.96 Å². The van der Waals surface area contributed by atoms with E-state index in [0.717, 1.165) is 0 Å². The summed E-state index contributed by atoms with van der Waals surface area (Å²) >= 11 is 0. The van der Waals surface area contributed by atoms with Crippen LogP contribution in [0.1, 0.15) is 13.8 Å². The highest BCUT2D eigenvalue weighted by Gasteiger charge is 2.27. The SMILES string of the molecule is CC(C)C1(N)C=CNC(N)=N1. The molecular formula is C7H14N4. The van der Waals surface area contributed by atoms with Gasteiger partial charge in [0, 0.05) is 6.20 Å². The van der Waals surface area contributed by atoms with Crippen molar-refractivity contribution in [1.82, 2.24) is 5.32 Å². The summed E-state index contributed by atoms with van der Waals surface area (Å²) in [5, 5.41) is 2.76. The van der Waals surface area contributed by atoms with Gasteiger partial charge in [0.25, 0.3) is 0 Å². The molecule has 4 heteroatoms. The number of hydrogen-bond donors (Lipinski definition) is 3. The quantitative estimate of drug-likeness (QED) is 0.486. The molecule has 0 saturated heterocycles. The summed E-state index contributed by atoms with van der Waals surface area (Å²) in [6, 6.07) is 0. The zero-order valence-corrected chi connectivity index (χ0v) is 6.83. The molecule has 5 N–H and O–H groups in total. The Balaban J connectivity index is 2.85. The first kappa shape index (κ1) is 8.07. The van der Waals surface area contributed by atoms with Crippen LogP contribution >= 0.6 is 0 Å². The van der Waals surface area contributed by atoms with Crippen LogP contribution < -0.4 is 16.8 Å². The van der Waals surface area contributed by atoms with Gasteiger partial charge in [-0.3, -0.25) is 0 Å². The molecular weight excluding hydrogens is 140 g/mol. The Morgan fingerprint density at radius 3 is 2.64 bits per heavy atom. The number of guanidine groups is 1. The Bertz CT molecular complexity index is 206. The zero-order chi connectivity index (χ0) is 8.48. The van der Waals surface area contributed by atoms with Gasteiger partial charge in [0.1, 0.15) is 5.66 Å². The molecule has 1 aliphatic rings. The molecule has 0 aliphatic carbocycles. The first-order valence-corrected chi connectivity index (χ1v) is 3.63. The molecule has 0 aromatic rings. The number of aliphatic imine (C=N–C) groups is 1. The number of hydrogen-bond acceptors (Lipinski definition) is 4. The van der Waals surface area contributed by atoms with Crippen LogP contribution in [0.2, 0.25) is 0 Å². The summed E-state index contributed by atoms with van der Waals surface area (Å²) in [6.45, 7) is 4.01. The molecule has 1 atom stereocenters. The van der Waals surface area contributed by atoms with Gasteiger partial charge in [-0.15, -0.1) is 0 Å². The van der Waals surface area contributed by atoms with Gasteiger partial charge in [-0.2, -0.15) is 0 Å². The average molecular weight is 154 g/mol. The molecule has 1 heterocycles. The zero-order valence-electron chi connectivity index (χ0n) is 6.83. The number of nitrogens with zero attached hydrogens (tertiary/aromatic N) is 1. The van der Waals surface area contributed by atoms with Crippen molar-refractivity contribution in [3.8, 4) is 0 Å². The van der Waals surface area contributed by atoms with Crippen molar-refractivity contribution in [1.29, 1.82) is 0 Å². The molecule has 0 saturated carbocycles. The van der Waals surface area contributed by atoms with Crippen LogP contribution in [0.25, 0.3) is 0 Å². The standard InChI is InChI=1S/C7H14N4/c1-5(2)7(9)3-4-10-6(8)11-7/h3-5H,9H2,1-2H3,(H3,8,10,11). The number of nitrogens with one attached hydrogen (secondary N) is 1. The minimum absolute atomic E-state index is 0.249. The van der Waals surface area contributed by atoms with E-state index in [2.05, 4.69) is 10.3 Å². The van der Waals surface area contributed by atoms with Crippen molar-refractivity contribution in [3.63, 3.8) is 0 Å². The summed E-state index contributed by atoms with van der Waals surface area (Å²) < 4.78 is 0. The molecule has 1 rings (SSSR count). The molecule has 1 unspecified atom stereocenters. The molecule has 4 nitrogen and oxygen atoms in total. The Hall–Kier alpha value is -1.03. The molecule has 0 fully saturated rings. The fourth-order valence-corrected chi connectivity index (χ4v) is 0.860. The first-order valence-electron chi connectivity index (χ1n) is 3.63. The van der Waals surface area contributed by atoms with E-state index in [1.807, 2.05) is 19.9 Å². The maximum Gasteiger partial charge on any atom is 0.194 e. The van der Waals surface area contributed by atoms with Crippen LogP contribution in [0.4, 0.5) is 0 Å². The minimum atomic E-state index is -0.630. The van der Waals surface area contributed by atoms with Crippen molar-refractivity contribution in [2.24, 2.45) is 22.4 Å². The van der Waals surface area contributed by atoms with Crippen LogP contribution in [-0.2, 0) is 0 Å². The second kappa shape index (κ2) is 2.54. The van der Waals surface area contributed by atoms with Crippen LogP contribution in [-0.4, -0.2) is 11.6 Å². The number of rotatable bonds is 1. The Morgan fingerprint density at radius 2 is 2.27 bits per heavy atom. The maximum absolute atomic E-state index is 5.90. The van der Waals surface area contributed by atoms with Crippen molar-refractivity contribution in [2.45, 2.75) is 19.5 Å². The third-order valence-corrected chi connectivity index (χ3v) is 1.82. The van der Waals surface area contributed by atoms with Gasteiger partial charge in [-0.25, -0.2) is 4.99 Å². The summed E-state index contributed by atoms with van der Waals surface area (Å²) in [4.78, 5) is 4.09. The lowest BCUT2D eigenvalue weighted by Gasteiger charge is -2.28. The molecule has 0 amide bonds. The maximum atomic E-state index is 5.90. The molecule has 0 aromatic carbocycles. The molecule has 0 radical (unpaired) electrons. The average Bonchev–Trinajstić information content (AvgIpc) is 1.86. The fourth-order valence-electron chi connectivity index (χ4n) is 0.860. The monoisotopic (exact) mass is 154 g/mol. The molecule has 0 bridgehead atoms. The van der Waals surface area contributed by atoms with Gasteiger partial charge in [0.2, 0.25) is 0 Å². The van der Waals surface area contributed by atoms with E-state index in [0.29, 0.717) is 5.96 Å². The summed E-state index contributed by atoms with van der Waals surface area (Å²) in [5.41, 5.74) is 10.7. The summed E-state index contributed by atoms with van der Waals surface area (Å²) in [5.74, 6) is 0.628. The van der Waals surface area contributed by atoms with Gasteiger partial charge < -0.3 is 16.8 Å². The lowest BCUT2D eigenvalue weighted by atomic mass is 9.97. The largest absolute Gasteiger partial charge is 0.370 e. The predicted octanol–water partition coefficient (Wildman–Crippen LogP) is -0.271. The van der Waals surface area contributed by atoms with Gasteiger partial charge >= 0.3 is 0 Å². The normalized spacial score (nSPS) is 30.0. The smallest absolute Gasteiger partial charge is 0.194 e. The van der Waals surface area contributed by atoms with Gasteiger partial charge in [0.05, 0.1) is 0 Å². The van der Waals surface area contributed by atoms with E-state index in [9.17, 15) is 0 Å². The Labute approximate surface area is 66.4 Å². The minimum Gasteiger partial charge on any atom is -0.370 e. The van der Waals surface area contributed by atoms with E-state index in [1.54, 1.807) is 6.20 Å². The fraction of sp³-hybridized carbons (Fsp3) is 0.571. The molecule has 0 aromatic heterocycles. The van der Waals surface area contributed by atoms with E-state index in [4.69, 9.17) is 11.5 Å². The van der Waals surface area contributed by atoms with Gasteiger partial charge in [0.15, 0.2) is 5.96 Å². The summed E-state index contributed by atoms with van der Waals surface area (Å²) in [6.07, 6.45) is 3.54. The highest BCUT2D eigenvalue weighted by Crippen LogP contribution is 2.18. The first-order chi connectivity index (χ1) is 5.04. The molecule has 11 heavy (non-hydrogen) atoms. The second-order valence-corrected chi connectivity index (χ2v) is 3.02. The highest BCUT2D eigenvalue weighted by atomic mass is 15.2. The van der Waals surface area contributed by atoms with Crippen LogP contribution in [0.3, 0.4) is 0 Å². The van der Waals surface area contributed by atoms with E-state index in [1.165, 1.54) is 0 Å². The number of nitrogens with two attached hydrogens (primary N) is 2. The van der Waals surface area contributed by atoms with E-state index in [-0.39, 0.29) is 5.92 Å². The highest BCUT2D eigenvalue weighted by molar-refractivity contribution is 5.80. The van der Waals surface area contributed by atoms with Crippen molar-refractivity contribution < 1.29 is 0 Å². The third-order valence-electron chi connectivity index (χ3n) is 1.82.